The van der Waals surface area contributed by atoms with Crippen molar-refractivity contribution >= 4 is 0 Å². The molecule has 0 amide bonds. The summed E-state index contributed by atoms with van der Waals surface area (Å²) in [6.45, 7) is 7.74. The summed E-state index contributed by atoms with van der Waals surface area (Å²) in [6.07, 6.45) is 0. The SMILES string of the molecule is Cc1cc(F)c(C)c(C)c1C.[W]. The summed E-state index contributed by atoms with van der Waals surface area (Å²) < 4.78 is 13.0. The van der Waals surface area contributed by atoms with Gasteiger partial charge in [0.2, 0.25) is 0 Å². The van der Waals surface area contributed by atoms with Crippen molar-refractivity contribution in [1.29, 1.82) is 0 Å². The quantitative estimate of drug-likeness (QED) is 0.683. The number of rotatable bonds is 0. The molecule has 0 atom stereocenters. The van der Waals surface area contributed by atoms with Gasteiger partial charge in [-0.1, -0.05) is 0 Å². The van der Waals surface area contributed by atoms with Crippen LogP contribution in [0, 0.1) is 33.5 Å². The Balaban J connectivity index is 0.00000121. The molecule has 2 heteroatoms. The summed E-state index contributed by atoms with van der Waals surface area (Å²) in [5.41, 5.74) is 4.07. The van der Waals surface area contributed by atoms with Gasteiger partial charge in [0.05, 0.1) is 0 Å². The van der Waals surface area contributed by atoms with Gasteiger partial charge in [0.1, 0.15) is 5.82 Å². The molecule has 0 aliphatic heterocycles. The maximum Gasteiger partial charge on any atom is 0.126 e. The molecular weight excluding hydrogens is 323 g/mol. The topological polar surface area (TPSA) is 0 Å². The molecule has 12 heavy (non-hydrogen) atoms. The fourth-order valence-corrected chi connectivity index (χ4v) is 1.16. The number of halogens is 1. The van der Waals surface area contributed by atoms with Gasteiger partial charge in [-0.3, -0.25) is 0 Å². The monoisotopic (exact) mass is 336 g/mol. The van der Waals surface area contributed by atoms with E-state index in [4.69, 9.17) is 0 Å². The van der Waals surface area contributed by atoms with Crippen LogP contribution < -0.4 is 0 Å². The van der Waals surface area contributed by atoms with Crippen LogP contribution >= 0.6 is 0 Å². The van der Waals surface area contributed by atoms with Crippen molar-refractivity contribution < 1.29 is 25.5 Å². The molecule has 0 aromatic heterocycles. The van der Waals surface area contributed by atoms with Crippen LogP contribution in [0.1, 0.15) is 22.3 Å². The molecule has 0 heterocycles. The first-order valence-corrected chi connectivity index (χ1v) is 3.77. The summed E-state index contributed by atoms with van der Waals surface area (Å²) in [6, 6.07) is 1.59. The normalized spacial score (nSPS) is 9.42. The van der Waals surface area contributed by atoms with E-state index in [-0.39, 0.29) is 26.9 Å². The van der Waals surface area contributed by atoms with E-state index in [1.54, 1.807) is 6.07 Å². The maximum absolute atomic E-state index is 13.0. The zero-order valence-corrected chi connectivity index (χ0v) is 10.8. The molecule has 0 nitrogen and oxygen atoms in total. The minimum Gasteiger partial charge on any atom is -0.207 e. The van der Waals surface area contributed by atoms with Gasteiger partial charge in [-0.2, -0.15) is 0 Å². The van der Waals surface area contributed by atoms with Gasteiger partial charge >= 0.3 is 0 Å². The average Bonchev–Trinajstić information content (AvgIpc) is 1.97. The van der Waals surface area contributed by atoms with Gasteiger partial charge in [0.25, 0.3) is 0 Å². The molecule has 0 N–H and O–H groups in total. The predicted molar refractivity (Wildman–Crippen MR) is 45.3 cm³/mol. The predicted octanol–water partition coefficient (Wildman–Crippen LogP) is 3.06. The van der Waals surface area contributed by atoms with Crippen molar-refractivity contribution in [2.24, 2.45) is 0 Å². The standard InChI is InChI=1S/C10H13F.W/c1-6-5-10(11)9(4)8(3)7(6)2;/h5H,1-4H3;. The van der Waals surface area contributed by atoms with Crippen LogP contribution in [0.2, 0.25) is 0 Å². The Bertz CT molecular complexity index is 266. The Morgan fingerprint density at radius 1 is 0.917 bits per heavy atom. The van der Waals surface area contributed by atoms with E-state index in [1.165, 1.54) is 5.56 Å². The first-order valence-electron chi connectivity index (χ1n) is 3.77. The molecule has 0 aliphatic rings. The van der Waals surface area contributed by atoms with Crippen LogP contribution in [0.15, 0.2) is 6.07 Å². The fourth-order valence-electron chi connectivity index (χ4n) is 1.16. The third-order valence-corrected chi connectivity index (χ3v) is 2.42. The molecule has 1 rings (SSSR count). The van der Waals surface area contributed by atoms with Crippen molar-refractivity contribution in [2.75, 3.05) is 0 Å². The number of benzene rings is 1. The van der Waals surface area contributed by atoms with Crippen molar-refractivity contribution in [1.82, 2.24) is 0 Å². The Morgan fingerprint density at radius 2 is 1.42 bits per heavy atom. The Labute approximate surface area is 87.4 Å². The van der Waals surface area contributed by atoms with Gasteiger partial charge in [0.15, 0.2) is 0 Å². The fraction of sp³-hybridized carbons (Fsp3) is 0.400. The van der Waals surface area contributed by atoms with Gasteiger partial charge in [0, 0.05) is 21.1 Å². The van der Waals surface area contributed by atoms with E-state index in [0.717, 1.165) is 16.7 Å². The minimum atomic E-state index is -0.0920. The zero-order valence-electron chi connectivity index (χ0n) is 7.86. The molecule has 0 saturated heterocycles. The summed E-state index contributed by atoms with van der Waals surface area (Å²) in [7, 11) is 0. The third kappa shape index (κ3) is 1.95. The Morgan fingerprint density at radius 3 is 1.92 bits per heavy atom. The molecule has 0 unspecified atom stereocenters. The molecule has 0 bridgehead atoms. The van der Waals surface area contributed by atoms with Crippen LogP contribution in [0.3, 0.4) is 0 Å². The first kappa shape index (κ1) is 11.8. The molecule has 1 aromatic rings. The van der Waals surface area contributed by atoms with E-state index in [0.29, 0.717) is 0 Å². The second-order valence-corrected chi connectivity index (χ2v) is 3.05. The third-order valence-electron chi connectivity index (χ3n) is 2.42. The van der Waals surface area contributed by atoms with E-state index < -0.39 is 0 Å². The maximum atomic E-state index is 13.0. The van der Waals surface area contributed by atoms with Gasteiger partial charge < -0.3 is 0 Å². The summed E-state index contributed by atoms with van der Waals surface area (Å²) in [5, 5.41) is 0. The zero-order chi connectivity index (χ0) is 8.59. The van der Waals surface area contributed by atoms with Gasteiger partial charge in [-0.05, 0) is 56.0 Å². The molecule has 0 radical (unpaired) electrons. The van der Waals surface area contributed by atoms with Gasteiger partial charge in [-0.25, -0.2) is 4.39 Å². The number of aryl methyl sites for hydroxylation is 1. The second-order valence-electron chi connectivity index (χ2n) is 3.05. The minimum absolute atomic E-state index is 0. The van der Waals surface area contributed by atoms with Crippen molar-refractivity contribution in [3.8, 4) is 0 Å². The Hall–Kier alpha value is -0.162. The summed E-state index contributed by atoms with van der Waals surface area (Å²) in [4.78, 5) is 0. The number of hydrogen-bond donors (Lipinski definition) is 0. The van der Waals surface area contributed by atoms with Crippen molar-refractivity contribution in [3.05, 3.63) is 34.1 Å². The van der Waals surface area contributed by atoms with Gasteiger partial charge in [-0.15, -0.1) is 0 Å². The molecule has 0 spiro atoms. The van der Waals surface area contributed by atoms with E-state index in [9.17, 15) is 4.39 Å². The van der Waals surface area contributed by atoms with Crippen LogP contribution in [-0.4, -0.2) is 0 Å². The molecule has 0 aliphatic carbocycles. The van der Waals surface area contributed by atoms with E-state index >= 15 is 0 Å². The van der Waals surface area contributed by atoms with Crippen LogP contribution in [0.5, 0.6) is 0 Å². The molecule has 1 aromatic carbocycles. The van der Waals surface area contributed by atoms with Crippen molar-refractivity contribution in [2.45, 2.75) is 27.7 Å². The molecule has 0 saturated carbocycles. The largest absolute Gasteiger partial charge is 0.207 e. The van der Waals surface area contributed by atoms with Crippen LogP contribution in [0.25, 0.3) is 0 Å². The molecular formula is C10H13FW. The average molecular weight is 336 g/mol. The second kappa shape index (κ2) is 4.18. The van der Waals surface area contributed by atoms with Crippen LogP contribution in [-0.2, 0) is 21.1 Å². The van der Waals surface area contributed by atoms with Crippen molar-refractivity contribution in [3.63, 3.8) is 0 Å². The Kier molecular flexibility index (Phi) is 4.13. The first-order chi connectivity index (χ1) is 5.04. The van der Waals surface area contributed by atoms with Crippen LogP contribution in [0.4, 0.5) is 4.39 Å². The molecule has 0 fully saturated rings. The molecule has 66 valence electrons. The summed E-state index contributed by atoms with van der Waals surface area (Å²) in [5.74, 6) is -0.0920. The smallest absolute Gasteiger partial charge is 0.126 e. The number of hydrogen-bond acceptors (Lipinski definition) is 0. The van der Waals surface area contributed by atoms with E-state index in [1.807, 2.05) is 27.7 Å². The van der Waals surface area contributed by atoms with E-state index in [2.05, 4.69) is 0 Å². The summed E-state index contributed by atoms with van der Waals surface area (Å²) >= 11 is 0.